The first-order valence-corrected chi connectivity index (χ1v) is 7.00. The highest BCUT2D eigenvalue weighted by Crippen LogP contribution is 2.38. The summed E-state index contributed by atoms with van der Waals surface area (Å²) in [7, 11) is 0. The molecule has 0 aliphatic carbocycles. The van der Waals surface area contributed by atoms with Crippen molar-refractivity contribution in [1.29, 1.82) is 0 Å². The number of fused-ring (bicyclic) bond motifs is 1. The molecule has 0 saturated heterocycles. The Balaban J connectivity index is 1.98. The minimum absolute atomic E-state index is 0.185. The number of hydrogen-bond donors (Lipinski definition) is 1. The van der Waals surface area contributed by atoms with Gasteiger partial charge in [-0.1, -0.05) is 31.1 Å². The fourth-order valence-corrected chi connectivity index (χ4v) is 2.46. The van der Waals surface area contributed by atoms with Crippen LogP contribution in [0.3, 0.4) is 0 Å². The molecule has 0 radical (unpaired) electrons. The molecule has 1 N–H and O–H groups in total. The van der Waals surface area contributed by atoms with Crippen LogP contribution in [0.1, 0.15) is 31.0 Å². The Morgan fingerprint density at radius 2 is 2.24 bits per heavy atom. The molecule has 5 heteroatoms. The molecule has 110 valence electrons. The van der Waals surface area contributed by atoms with Crippen LogP contribution in [0.25, 0.3) is 11.3 Å². The molecule has 2 aromatic rings. The number of nitrogens with zero attached hydrogens (tertiary/aromatic N) is 1. The average Bonchev–Trinajstić information content (AvgIpc) is 2.95. The smallest absolute Gasteiger partial charge is 0.310 e. The van der Waals surface area contributed by atoms with Crippen molar-refractivity contribution in [2.75, 3.05) is 6.61 Å². The molecule has 0 fully saturated rings. The summed E-state index contributed by atoms with van der Waals surface area (Å²) in [5.74, 6) is 0.339. The topological polar surface area (TPSA) is 72.6 Å². The normalized spacial score (nSPS) is 17.4. The molecule has 1 atom stereocenters. The number of carboxylic acids is 1. The Kier molecular flexibility index (Phi) is 3.41. The molecule has 1 aromatic carbocycles. The van der Waals surface area contributed by atoms with Crippen molar-refractivity contribution in [3.63, 3.8) is 0 Å². The molecule has 21 heavy (non-hydrogen) atoms. The summed E-state index contributed by atoms with van der Waals surface area (Å²) >= 11 is 0. The van der Waals surface area contributed by atoms with Gasteiger partial charge in [0.1, 0.15) is 12.4 Å². The second-order valence-corrected chi connectivity index (χ2v) is 5.61. The molecule has 2 heterocycles. The third kappa shape index (κ3) is 2.51. The Hall–Kier alpha value is -2.30. The van der Waals surface area contributed by atoms with E-state index in [9.17, 15) is 4.79 Å². The minimum atomic E-state index is -0.826. The molecule has 0 saturated carbocycles. The fraction of sp³-hybridized carbons (Fsp3) is 0.375. The number of aromatic nitrogens is 1. The maximum absolute atomic E-state index is 11.1. The first-order chi connectivity index (χ1) is 10.1. The minimum Gasteiger partial charge on any atom is -0.492 e. The van der Waals surface area contributed by atoms with Gasteiger partial charge >= 0.3 is 5.97 Å². The van der Waals surface area contributed by atoms with Crippen molar-refractivity contribution in [2.45, 2.75) is 26.2 Å². The van der Waals surface area contributed by atoms with Crippen LogP contribution >= 0.6 is 0 Å². The van der Waals surface area contributed by atoms with Gasteiger partial charge in [-0.25, -0.2) is 0 Å². The molecular weight excluding hydrogens is 270 g/mol. The molecular formula is C16H17NO4. The van der Waals surface area contributed by atoms with Crippen LogP contribution in [0.2, 0.25) is 0 Å². The Morgan fingerprint density at radius 1 is 1.43 bits per heavy atom. The van der Waals surface area contributed by atoms with Gasteiger partial charge in [0.2, 0.25) is 0 Å². The van der Waals surface area contributed by atoms with E-state index in [1.165, 1.54) is 0 Å². The van der Waals surface area contributed by atoms with Gasteiger partial charge in [-0.05, 0) is 24.0 Å². The molecule has 1 aliphatic rings. The number of aliphatic carboxylic acids is 1. The van der Waals surface area contributed by atoms with Crippen molar-refractivity contribution < 1.29 is 19.2 Å². The third-order valence-corrected chi connectivity index (χ3v) is 3.73. The van der Waals surface area contributed by atoms with Gasteiger partial charge in [0.05, 0.1) is 17.2 Å². The maximum Gasteiger partial charge on any atom is 0.310 e. The number of para-hydroxylation sites is 1. The zero-order valence-corrected chi connectivity index (χ0v) is 12.0. The highest BCUT2D eigenvalue weighted by atomic mass is 16.5. The van der Waals surface area contributed by atoms with Crippen LogP contribution in [-0.2, 0) is 11.2 Å². The summed E-state index contributed by atoms with van der Waals surface area (Å²) in [6, 6.07) is 7.60. The van der Waals surface area contributed by atoms with Crippen LogP contribution in [0.5, 0.6) is 5.75 Å². The van der Waals surface area contributed by atoms with E-state index in [4.69, 9.17) is 14.4 Å². The molecule has 3 rings (SSSR count). The van der Waals surface area contributed by atoms with Gasteiger partial charge in [0.25, 0.3) is 0 Å². The van der Waals surface area contributed by atoms with Crippen molar-refractivity contribution in [3.8, 4) is 17.1 Å². The lowest BCUT2D eigenvalue weighted by Crippen LogP contribution is -2.28. The van der Waals surface area contributed by atoms with Gasteiger partial charge < -0.3 is 14.4 Å². The Morgan fingerprint density at radius 3 is 2.90 bits per heavy atom. The van der Waals surface area contributed by atoms with Crippen molar-refractivity contribution >= 4 is 5.97 Å². The van der Waals surface area contributed by atoms with E-state index in [0.29, 0.717) is 23.8 Å². The van der Waals surface area contributed by atoms with Gasteiger partial charge in [-0.2, -0.15) is 0 Å². The van der Waals surface area contributed by atoms with E-state index in [2.05, 4.69) is 19.0 Å². The number of carboxylic acid groups (broad SMARTS) is 1. The maximum atomic E-state index is 11.1. The standard InChI is InChI=1S/C16H17NO4/c1-9(2)13-7-14(21-17-13)12-5-3-4-10-6-11(16(18)19)8-20-15(10)12/h3-5,7,9,11H,6,8H2,1-2H3,(H,18,19). The van der Waals surface area contributed by atoms with Crippen molar-refractivity contribution in [1.82, 2.24) is 5.16 Å². The fourth-order valence-electron chi connectivity index (χ4n) is 2.46. The van der Waals surface area contributed by atoms with E-state index in [1.54, 1.807) is 0 Å². The molecule has 5 nitrogen and oxygen atoms in total. The quantitative estimate of drug-likeness (QED) is 0.939. The zero-order valence-electron chi connectivity index (χ0n) is 12.0. The summed E-state index contributed by atoms with van der Waals surface area (Å²) < 4.78 is 11.1. The largest absolute Gasteiger partial charge is 0.492 e. The lowest BCUT2D eigenvalue weighted by molar-refractivity contribution is -0.143. The van der Waals surface area contributed by atoms with E-state index < -0.39 is 11.9 Å². The van der Waals surface area contributed by atoms with Crippen LogP contribution in [0, 0.1) is 5.92 Å². The Bertz CT molecular complexity index is 675. The number of benzene rings is 1. The van der Waals surface area contributed by atoms with Crippen LogP contribution in [0.4, 0.5) is 0 Å². The molecule has 0 spiro atoms. The first kappa shape index (κ1) is 13.7. The average molecular weight is 287 g/mol. The molecule has 0 bridgehead atoms. The molecule has 1 aliphatic heterocycles. The monoisotopic (exact) mass is 287 g/mol. The molecule has 1 unspecified atom stereocenters. The zero-order chi connectivity index (χ0) is 15.0. The van der Waals surface area contributed by atoms with E-state index >= 15 is 0 Å². The lowest BCUT2D eigenvalue weighted by Gasteiger charge is -2.23. The summed E-state index contributed by atoms with van der Waals surface area (Å²) in [6.45, 7) is 4.29. The number of ether oxygens (including phenoxy) is 1. The highest BCUT2D eigenvalue weighted by Gasteiger charge is 2.28. The predicted octanol–water partition coefficient (Wildman–Crippen LogP) is 3.10. The van der Waals surface area contributed by atoms with Crippen molar-refractivity contribution in [3.05, 3.63) is 35.5 Å². The van der Waals surface area contributed by atoms with E-state index in [0.717, 1.165) is 16.8 Å². The van der Waals surface area contributed by atoms with Gasteiger partial charge in [-0.15, -0.1) is 0 Å². The summed E-state index contributed by atoms with van der Waals surface area (Å²) in [5.41, 5.74) is 2.62. The van der Waals surface area contributed by atoms with E-state index in [-0.39, 0.29) is 6.61 Å². The van der Waals surface area contributed by atoms with Crippen molar-refractivity contribution in [2.24, 2.45) is 5.92 Å². The third-order valence-electron chi connectivity index (χ3n) is 3.73. The highest BCUT2D eigenvalue weighted by molar-refractivity contribution is 5.74. The van der Waals surface area contributed by atoms with Gasteiger partial charge in [0, 0.05) is 6.07 Å². The predicted molar refractivity (Wildman–Crippen MR) is 76.4 cm³/mol. The SMILES string of the molecule is CC(C)c1cc(-c2cccc3c2OCC(C(=O)O)C3)on1. The summed E-state index contributed by atoms with van der Waals surface area (Å²) in [5, 5.41) is 13.2. The second-order valence-electron chi connectivity index (χ2n) is 5.61. The van der Waals surface area contributed by atoms with Crippen LogP contribution < -0.4 is 4.74 Å². The summed E-state index contributed by atoms with van der Waals surface area (Å²) in [4.78, 5) is 11.1. The van der Waals surface area contributed by atoms with E-state index in [1.807, 2.05) is 24.3 Å². The lowest BCUT2D eigenvalue weighted by atomic mass is 9.94. The number of carbonyl (C=O) groups is 1. The van der Waals surface area contributed by atoms with Crippen LogP contribution in [0.15, 0.2) is 28.8 Å². The molecule has 0 amide bonds. The number of rotatable bonds is 3. The second kappa shape index (κ2) is 5.24. The molecule has 1 aromatic heterocycles. The first-order valence-electron chi connectivity index (χ1n) is 7.00. The summed E-state index contributed by atoms with van der Waals surface area (Å²) in [6.07, 6.45) is 0.476. The van der Waals surface area contributed by atoms with Gasteiger partial charge in [-0.3, -0.25) is 4.79 Å². The van der Waals surface area contributed by atoms with Crippen LogP contribution in [-0.4, -0.2) is 22.8 Å². The Labute approximate surface area is 122 Å². The number of hydrogen-bond acceptors (Lipinski definition) is 4. The van der Waals surface area contributed by atoms with Gasteiger partial charge in [0.15, 0.2) is 5.76 Å².